The Morgan fingerprint density at radius 2 is 1.71 bits per heavy atom. The molecule has 180 valence electrons. The summed E-state index contributed by atoms with van der Waals surface area (Å²) in [5, 5.41) is 18.8. The van der Waals surface area contributed by atoms with E-state index in [9.17, 15) is 14.4 Å². The summed E-state index contributed by atoms with van der Waals surface area (Å²) in [6.45, 7) is 0.173. The third-order valence-electron chi connectivity index (χ3n) is 6.80. The molecule has 5 rings (SSSR count). The quantitative estimate of drug-likeness (QED) is 0.500. The first kappa shape index (κ1) is 22.6. The zero-order chi connectivity index (χ0) is 24.5. The van der Waals surface area contributed by atoms with Crippen LogP contribution in [0.5, 0.6) is 0 Å². The molecule has 2 unspecified atom stereocenters. The molecule has 1 aromatic heterocycles. The molecular formula is C26H26N4O5. The maximum atomic E-state index is 12.7. The van der Waals surface area contributed by atoms with Gasteiger partial charge >= 0.3 is 12.1 Å². The van der Waals surface area contributed by atoms with Crippen molar-refractivity contribution in [2.45, 2.75) is 31.2 Å². The number of benzene rings is 2. The predicted molar refractivity (Wildman–Crippen MR) is 128 cm³/mol. The number of nitrogens with one attached hydrogen (secondary N) is 2. The van der Waals surface area contributed by atoms with Gasteiger partial charge in [-0.15, -0.1) is 0 Å². The minimum Gasteiger partial charge on any atom is -0.481 e. The van der Waals surface area contributed by atoms with E-state index in [1.165, 1.54) is 10.7 Å². The molecule has 2 aromatic carbocycles. The van der Waals surface area contributed by atoms with Gasteiger partial charge in [-0.25, -0.2) is 4.79 Å². The van der Waals surface area contributed by atoms with E-state index in [1.54, 1.807) is 7.05 Å². The van der Waals surface area contributed by atoms with Crippen molar-refractivity contribution in [1.29, 1.82) is 0 Å². The van der Waals surface area contributed by atoms with Gasteiger partial charge in [0, 0.05) is 25.1 Å². The summed E-state index contributed by atoms with van der Waals surface area (Å²) in [7, 11) is 1.60. The number of carboxylic acids is 1. The third-order valence-corrected chi connectivity index (χ3v) is 6.80. The molecule has 0 aliphatic heterocycles. The summed E-state index contributed by atoms with van der Waals surface area (Å²) in [6, 6.07) is 17.5. The molecule has 1 saturated carbocycles. The number of ether oxygens (including phenoxy) is 1. The van der Waals surface area contributed by atoms with Crippen molar-refractivity contribution < 1.29 is 24.2 Å². The first-order chi connectivity index (χ1) is 16.9. The molecule has 2 atom stereocenters. The molecule has 2 amide bonds. The Morgan fingerprint density at radius 3 is 2.34 bits per heavy atom. The van der Waals surface area contributed by atoms with Gasteiger partial charge in [-0.3, -0.25) is 19.6 Å². The lowest BCUT2D eigenvalue weighted by molar-refractivity contribution is -0.141. The Balaban J connectivity index is 1.20. The van der Waals surface area contributed by atoms with Gasteiger partial charge in [-0.1, -0.05) is 48.5 Å². The molecule has 9 heteroatoms. The highest BCUT2D eigenvalue weighted by Crippen LogP contribution is 2.44. The Morgan fingerprint density at radius 1 is 1.06 bits per heavy atom. The largest absolute Gasteiger partial charge is 0.481 e. The van der Waals surface area contributed by atoms with Crippen LogP contribution >= 0.6 is 0 Å². The highest BCUT2D eigenvalue weighted by atomic mass is 16.5. The molecule has 2 aliphatic rings. The minimum atomic E-state index is -0.836. The number of anilines is 1. The fourth-order valence-electron chi connectivity index (χ4n) is 5.08. The second kappa shape index (κ2) is 9.25. The first-order valence-corrected chi connectivity index (χ1v) is 11.6. The second-order valence-corrected chi connectivity index (χ2v) is 9.01. The van der Waals surface area contributed by atoms with Crippen molar-refractivity contribution in [3.05, 3.63) is 71.4 Å². The Labute approximate surface area is 202 Å². The monoisotopic (exact) mass is 474 g/mol. The summed E-state index contributed by atoms with van der Waals surface area (Å²) in [5.41, 5.74) is 4.80. The smallest absolute Gasteiger partial charge is 0.412 e. The Kier molecular flexibility index (Phi) is 5.98. The topological polar surface area (TPSA) is 123 Å². The molecule has 35 heavy (non-hydrogen) atoms. The van der Waals surface area contributed by atoms with Crippen LogP contribution in [-0.4, -0.2) is 45.5 Å². The van der Waals surface area contributed by atoms with Crippen LogP contribution in [0.25, 0.3) is 11.1 Å². The molecule has 1 fully saturated rings. The average molecular weight is 475 g/mol. The highest BCUT2D eigenvalue weighted by molar-refractivity contribution is 5.94. The number of amides is 2. The normalized spacial score (nSPS) is 18.5. The average Bonchev–Trinajstić information content (AvgIpc) is 3.54. The van der Waals surface area contributed by atoms with Crippen LogP contribution < -0.4 is 10.6 Å². The van der Waals surface area contributed by atoms with Crippen LogP contribution in [0.1, 0.15) is 46.8 Å². The molecule has 9 nitrogen and oxygen atoms in total. The maximum Gasteiger partial charge on any atom is 0.412 e. The summed E-state index contributed by atoms with van der Waals surface area (Å²) in [5.74, 6) is -1.49. The number of hydrogen-bond donors (Lipinski definition) is 3. The van der Waals surface area contributed by atoms with Crippen LogP contribution in [0.3, 0.4) is 0 Å². The number of fused-ring (bicyclic) bond motifs is 3. The number of rotatable bonds is 6. The molecule has 0 spiro atoms. The van der Waals surface area contributed by atoms with Gasteiger partial charge in [-0.2, -0.15) is 5.10 Å². The van der Waals surface area contributed by atoms with Crippen molar-refractivity contribution in [1.82, 2.24) is 15.1 Å². The molecule has 1 heterocycles. The number of carbonyl (C=O) groups is 3. The molecule has 0 saturated heterocycles. The minimum absolute atomic E-state index is 0.0562. The van der Waals surface area contributed by atoms with Crippen LogP contribution in [0.4, 0.5) is 10.6 Å². The van der Waals surface area contributed by atoms with E-state index >= 15 is 0 Å². The second-order valence-electron chi connectivity index (χ2n) is 9.01. The number of carboxylic acid groups (broad SMARTS) is 1. The maximum absolute atomic E-state index is 12.7. The van der Waals surface area contributed by atoms with Crippen LogP contribution in [-0.2, 0) is 16.6 Å². The number of aryl methyl sites for hydroxylation is 1. The van der Waals surface area contributed by atoms with E-state index in [1.807, 2.05) is 36.4 Å². The molecule has 3 N–H and O–H groups in total. The van der Waals surface area contributed by atoms with E-state index in [-0.39, 0.29) is 36.0 Å². The van der Waals surface area contributed by atoms with Gasteiger partial charge in [0.15, 0.2) is 5.82 Å². The van der Waals surface area contributed by atoms with Crippen molar-refractivity contribution in [3.8, 4) is 11.1 Å². The van der Waals surface area contributed by atoms with Crippen molar-refractivity contribution >= 4 is 23.8 Å². The van der Waals surface area contributed by atoms with E-state index in [0.717, 1.165) is 22.3 Å². The van der Waals surface area contributed by atoms with Gasteiger partial charge in [0.25, 0.3) is 5.91 Å². The fourth-order valence-corrected chi connectivity index (χ4v) is 5.08. The highest BCUT2D eigenvalue weighted by Gasteiger charge is 2.32. The fraction of sp³-hybridized carbons (Fsp3) is 0.308. The van der Waals surface area contributed by atoms with Crippen LogP contribution in [0, 0.1) is 5.92 Å². The van der Waals surface area contributed by atoms with Crippen molar-refractivity contribution in [2.75, 3.05) is 11.9 Å². The zero-order valence-electron chi connectivity index (χ0n) is 19.2. The van der Waals surface area contributed by atoms with Crippen molar-refractivity contribution in [2.24, 2.45) is 13.0 Å². The summed E-state index contributed by atoms with van der Waals surface area (Å²) in [4.78, 5) is 36.3. The van der Waals surface area contributed by atoms with Gasteiger partial charge in [0.2, 0.25) is 0 Å². The number of carbonyl (C=O) groups excluding carboxylic acids is 2. The SMILES string of the molecule is Cn1nc(NC(=O)OCC2c3ccccc3-c3ccccc32)cc1C(=O)NC1CCC(C(=O)O)C1. The Bertz CT molecular complexity index is 1250. The lowest BCUT2D eigenvalue weighted by Gasteiger charge is -2.14. The van der Waals surface area contributed by atoms with Gasteiger partial charge in [-0.05, 0) is 41.5 Å². The molecule has 0 radical (unpaired) electrons. The summed E-state index contributed by atoms with van der Waals surface area (Å²) in [6.07, 6.45) is 0.909. The van der Waals surface area contributed by atoms with E-state index in [2.05, 4.69) is 27.9 Å². The standard InChI is InChI=1S/C26H26N4O5/c1-30-22(24(31)27-16-11-10-15(12-16)25(32)33)13-23(29-30)28-26(34)35-14-21-19-8-4-2-6-17(19)18-7-3-5-9-20(18)21/h2-9,13,15-16,21H,10-12,14H2,1H3,(H,27,31)(H,32,33)(H,28,29,34). The summed E-state index contributed by atoms with van der Waals surface area (Å²) < 4.78 is 6.91. The van der Waals surface area contributed by atoms with Crippen molar-refractivity contribution in [3.63, 3.8) is 0 Å². The lowest BCUT2D eigenvalue weighted by atomic mass is 9.98. The van der Waals surface area contributed by atoms with Crippen LogP contribution in [0.15, 0.2) is 54.6 Å². The molecule has 0 bridgehead atoms. The van der Waals surface area contributed by atoms with E-state index in [4.69, 9.17) is 9.84 Å². The number of nitrogens with zero attached hydrogens (tertiary/aromatic N) is 2. The zero-order valence-corrected chi connectivity index (χ0v) is 19.2. The Hall–Kier alpha value is -4.14. The van der Waals surface area contributed by atoms with E-state index in [0.29, 0.717) is 19.3 Å². The molecular weight excluding hydrogens is 448 g/mol. The van der Waals surface area contributed by atoms with Gasteiger partial charge in [0.1, 0.15) is 12.3 Å². The third kappa shape index (κ3) is 4.49. The number of hydrogen-bond acceptors (Lipinski definition) is 5. The van der Waals surface area contributed by atoms with Crippen LogP contribution in [0.2, 0.25) is 0 Å². The number of aromatic nitrogens is 2. The lowest BCUT2D eigenvalue weighted by Crippen LogP contribution is -2.34. The summed E-state index contributed by atoms with van der Waals surface area (Å²) >= 11 is 0. The van der Waals surface area contributed by atoms with E-state index < -0.39 is 18.0 Å². The first-order valence-electron chi connectivity index (χ1n) is 11.6. The molecule has 2 aliphatic carbocycles. The predicted octanol–water partition coefficient (Wildman–Crippen LogP) is 3.76. The number of aliphatic carboxylic acids is 1. The van der Waals surface area contributed by atoms with Gasteiger partial charge in [0.05, 0.1) is 5.92 Å². The van der Waals surface area contributed by atoms with Gasteiger partial charge < -0.3 is 15.2 Å². The molecule has 3 aromatic rings.